The highest BCUT2D eigenvalue weighted by atomic mass is 28.3. The fourth-order valence-electron chi connectivity index (χ4n) is 2.32. The Hall–Kier alpha value is -1.66. The molecule has 0 saturated carbocycles. The van der Waals surface area contributed by atoms with Crippen LogP contribution in [0.5, 0.6) is 0 Å². The highest BCUT2D eigenvalue weighted by Gasteiger charge is 2.15. The van der Waals surface area contributed by atoms with Gasteiger partial charge in [0.25, 0.3) is 0 Å². The van der Waals surface area contributed by atoms with Crippen molar-refractivity contribution >= 4 is 30.6 Å². The number of nitrogens with zero attached hydrogens (tertiary/aromatic N) is 2. The van der Waals surface area contributed by atoms with Crippen LogP contribution in [0.15, 0.2) is 18.5 Å². The van der Waals surface area contributed by atoms with Gasteiger partial charge in [0.05, 0.1) is 11.3 Å². The quantitative estimate of drug-likeness (QED) is 0.481. The fourth-order valence-corrected chi connectivity index (χ4v) is 3.08. The molecule has 0 aliphatic carbocycles. The van der Waals surface area contributed by atoms with Crippen molar-refractivity contribution < 1.29 is 9.53 Å². The number of Topliss-reactive ketones (excluding diaryl/α,β-unsaturated/α-hetero) is 1. The lowest BCUT2D eigenvalue weighted by Crippen LogP contribution is -2.22. The summed E-state index contributed by atoms with van der Waals surface area (Å²) in [6, 6.07) is 3.12. The molecular weight excluding hydrogens is 294 g/mol. The van der Waals surface area contributed by atoms with Crippen LogP contribution in [0, 0.1) is 0 Å². The molecule has 2 aromatic heterocycles. The molecular formula is C16H25N3O2Si. The molecule has 0 radical (unpaired) electrons. The fraction of sp³-hybridized carbons (Fsp3) is 0.500. The number of aromatic nitrogens is 2. The average Bonchev–Trinajstić information content (AvgIpc) is 2.84. The molecule has 0 spiro atoms. The molecule has 0 saturated heterocycles. The molecule has 0 aliphatic rings. The summed E-state index contributed by atoms with van der Waals surface area (Å²) in [5.41, 5.74) is 2.29. The maximum Gasteiger partial charge on any atom is 0.163 e. The summed E-state index contributed by atoms with van der Waals surface area (Å²) in [6.07, 6.45) is 3.59. The zero-order valence-electron chi connectivity index (χ0n) is 14.1. The van der Waals surface area contributed by atoms with Crippen LogP contribution in [-0.4, -0.2) is 37.1 Å². The van der Waals surface area contributed by atoms with Crippen molar-refractivity contribution in [1.82, 2.24) is 9.55 Å². The minimum absolute atomic E-state index is 0.0119. The monoisotopic (exact) mass is 319 g/mol. The smallest absolute Gasteiger partial charge is 0.163 e. The second kappa shape index (κ2) is 6.62. The van der Waals surface area contributed by atoms with E-state index in [2.05, 4.69) is 29.9 Å². The van der Waals surface area contributed by atoms with Crippen molar-refractivity contribution in [1.29, 1.82) is 0 Å². The van der Waals surface area contributed by atoms with Crippen molar-refractivity contribution in [2.24, 2.45) is 0 Å². The third kappa shape index (κ3) is 3.75. The SMILES string of the molecule is CNc1c(C(C)=O)cnc2c1ccn2COCC[Si](C)(C)C. The average molecular weight is 319 g/mol. The Kier molecular flexibility index (Phi) is 5.03. The standard InChI is InChI=1S/C16H25N3O2Si/c1-12(20)14-10-18-16-13(15(14)17-2)6-7-19(16)11-21-8-9-22(3,4)5/h6-7,10H,8-9,11H2,1-5H3,(H,17,18). The topological polar surface area (TPSA) is 56.2 Å². The molecule has 0 fully saturated rings. The van der Waals surface area contributed by atoms with E-state index < -0.39 is 8.07 Å². The number of nitrogens with one attached hydrogen (secondary N) is 1. The van der Waals surface area contributed by atoms with E-state index in [0.717, 1.165) is 29.4 Å². The summed E-state index contributed by atoms with van der Waals surface area (Å²) in [5.74, 6) is 0.0119. The Morgan fingerprint density at radius 1 is 1.41 bits per heavy atom. The molecule has 2 aromatic rings. The minimum atomic E-state index is -1.07. The number of fused-ring (bicyclic) bond motifs is 1. The van der Waals surface area contributed by atoms with Gasteiger partial charge in [0.15, 0.2) is 5.78 Å². The summed E-state index contributed by atoms with van der Waals surface area (Å²) >= 11 is 0. The normalized spacial score (nSPS) is 11.9. The lowest BCUT2D eigenvalue weighted by atomic mass is 10.1. The Bertz CT molecular complexity index is 674. The first-order valence-electron chi connectivity index (χ1n) is 7.58. The molecule has 1 N–H and O–H groups in total. The Morgan fingerprint density at radius 2 is 2.14 bits per heavy atom. The third-order valence-corrected chi connectivity index (χ3v) is 5.35. The van der Waals surface area contributed by atoms with E-state index >= 15 is 0 Å². The number of carbonyl (C=O) groups excluding carboxylic acids is 1. The predicted molar refractivity (Wildman–Crippen MR) is 93.4 cm³/mol. The third-order valence-electron chi connectivity index (χ3n) is 3.64. The molecule has 0 bridgehead atoms. The van der Waals surface area contributed by atoms with Gasteiger partial charge in [0.1, 0.15) is 12.4 Å². The second-order valence-electron chi connectivity index (χ2n) is 6.72. The number of carbonyl (C=O) groups is 1. The van der Waals surface area contributed by atoms with Crippen LogP contribution < -0.4 is 5.32 Å². The Morgan fingerprint density at radius 3 is 2.73 bits per heavy atom. The maximum atomic E-state index is 11.7. The van der Waals surface area contributed by atoms with E-state index in [4.69, 9.17) is 4.74 Å². The number of pyridine rings is 1. The molecule has 120 valence electrons. The molecule has 2 rings (SSSR count). The molecule has 6 heteroatoms. The van der Waals surface area contributed by atoms with Crippen molar-refractivity contribution in [3.8, 4) is 0 Å². The first-order valence-corrected chi connectivity index (χ1v) is 11.3. The van der Waals surface area contributed by atoms with Crippen LogP contribution >= 0.6 is 0 Å². The minimum Gasteiger partial charge on any atom is -0.387 e. The van der Waals surface area contributed by atoms with Crippen molar-refractivity contribution in [2.45, 2.75) is 39.3 Å². The maximum absolute atomic E-state index is 11.7. The van der Waals surface area contributed by atoms with E-state index in [0.29, 0.717) is 12.3 Å². The molecule has 22 heavy (non-hydrogen) atoms. The summed E-state index contributed by atoms with van der Waals surface area (Å²) < 4.78 is 7.76. The van der Waals surface area contributed by atoms with Gasteiger partial charge in [-0.25, -0.2) is 4.98 Å². The largest absolute Gasteiger partial charge is 0.387 e. The van der Waals surface area contributed by atoms with Gasteiger partial charge < -0.3 is 14.6 Å². The van der Waals surface area contributed by atoms with E-state index in [9.17, 15) is 4.79 Å². The first-order chi connectivity index (χ1) is 10.3. The van der Waals surface area contributed by atoms with Gasteiger partial charge in [-0.1, -0.05) is 19.6 Å². The van der Waals surface area contributed by atoms with Crippen LogP contribution in [0.2, 0.25) is 25.7 Å². The number of ketones is 1. The number of ether oxygens (including phenoxy) is 1. The van der Waals surface area contributed by atoms with Crippen LogP contribution in [0.4, 0.5) is 5.69 Å². The van der Waals surface area contributed by atoms with Crippen molar-refractivity contribution in [2.75, 3.05) is 19.0 Å². The van der Waals surface area contributed by atoms with Crippen molar-refractivity contribution in [3.63, 3.8) is 0 Å². The predicted octanol–water partition coefficient (Wildman–Crippen LogP) is 3.59. The molecule has 2 heterocycles. The number of hydrogen-bond donors (Lipinski definition) is 1. The molecule has 0 unspecified atom stereocenters. The van der Waals surface area contributed by atoms with Gasteiger partial charge in [-0.3, -0.25) is 4.79 Å². The number of hydrogen-bond acceptors (Lipinski definition) is 4. The number of rotatable bonds is 7. The van der Waals surface area contributed by atoms with Crippen LogP contribution in [0.25, 0.3) is 11.0 Å². The van der Waals surface area contributed by atoms with E-state index in [-0.39, 0.29) is 5.78 Å². The summed E-state index contributed by atoms with van der Waals surface area (Å²) in [4.78, 5) is 16.1. The molecule has 0 aliphatic heterocycles. The summed E-state index contributed by atoms with van der Waals surface area (Å²) in [6.45, 7) is 9.84. The van der Waals surface area contributed by atoms with E-state index in [1.807, 2.05) is 23.9 Å². The lowest BCUT2D eigenvalue weighted by molar-refractivity contribution is 0.0899. The molecule has 0 atom stereocenters. The first kappa shape index (κ1) is 16.7. The van der Waals surface area contributed by atoms with Gasteiger partial charge in [-0.15, -0.1) is 0 Å². The Labute approximate surface area is 132 Å². The van der Waals surface area contributed by atoms with Crippen LogP contribution in [-0.2, 0) is 11.5 Å². The van der Waals surface area contributed by atoms with Gasteiger partial charge in [-0.2, -0.15) is 0 Å². The highest BCUT2D eigenvalue weighted by Crippen LogP contribution is 2.27. The second-order valence-corrected chi connectivity index (χ2v) is 12.3. The van der Waals surface area contributed by atoms with Crippen LogP contribution in [0.1, 0.15) is 17.3 Å². The van der Waals surface area contributed by atoms with Crippen molar-refractivity contribution in [3.05, 3.63) is 24.0 Å². The summed E-state index contributed by atoms with van der Waals surface area (Å²) in [7, 11) is 0.757. The van der Waals surface area contributed by atoms with Gasteiger partial charge >= 0.3 is 0 Å². The zero-order valence-corrected chi connectivity index (χ0v) is 15.1. The van der Waals surface area contributed by atoms with Gasteiger partial charge in [-0.05, 0) is 19.0 Å². The number of anilines is 1. The van der Waals surface area contributed by atoms with E-state index in [1.54, 1.807) is 13.1 Å². The lowest BCUT2D eigenvalue weighted by Gasteiger charge is -2.15. The highest BCUT2D eigenvalue weighted by molar-refractivity contribution is 6.76. The van der Waals surface area contributed by atoms with Gasteiger partial charge in [0.2, 0.25) is 0 Å². The van der Waals surface area contributed by atoms with Crippen LogP contribution in [0.3, 0.4) is 0 Å². The Balaban J connectivity index is 2.18. The zero-order chi connectivity index (χ0) is 16.3. The molecule has 0 aromatic carbocycles. The van der Waals surface area contributed by atoms with E-state index in [1.165, 1.54) is 0 Å². The molecule has 5 nitrogen and oxygen atoms in total. The summed E-state index contributed by atoms with van der Waals surface area (Å²) in [5, 5.41) is 4.06. The molecule has 0 amide bonds. The van der Waals surface area contributed by atoms with Gasteiger partial charge in [0, 0.05) is 39.5 Å².